The van der Waals surface area contributed by atoms with Crippen molar-refractivity contribution in [3.05, 3.63) is 54.5 Å². The molecule has 11 nitrogen and oxygen atoms in total. The number of aliphatic hydroxyl groups excluding tert-OH is 1. The van der Waals surface area contributed by atoms with Crippen molar-refractivity contribution in [1.82, 2.24) is 34.5 Å². The number of anilines is 1. The van der Waals surface area contributed by atoms with Gasteiger partial charge in [-0.15, -0.1) is 10.2 Å². The Morgan fingerprint density at radius 2 is 1.76 bits per heavy atom. The number of nitrogens with one attached hydrogen (secondary N) is 1. The minimum atomic E-state index is -1.05. The molecule has 2 N–H and O–H groups in total. The summed E-state index contributed by atoms with van der Waals surface area (Å²) in [5.74, 6) is 1.43. The van der Waals surface area contributed by atoms with Gasteiger partial charge in [-0.3, -0.25) is 14.0 Å². The highest BCUT2D eigenvalue weighted by Crippen LogP contribution is 2.38. The molecule has 178 valence electrons. The molecule has 2 unspecified atom stereocenters. The summed E-state index contributed by atoms with van der Waals surface area (Å²) < 4.78 is 30.8. The topological polar surface area (TPSA) is 125 Å². The SMILES string of the molecule is COc1cccc(OC)c1-n1c(NSC(C)C(O)c2ncc(F)cn2)nnc1-c1ccn(C)n1. The Bertz CT molecular complexity index is 1240. The summed E-state index contributed by atoms with van der Waals surface area (Å²) >= 11 is 1.18. The van der Waals surface area contributed by atoms with Gasteiger partial charge < -0.3 is 14.6 Å². The van der Waals surface area contributed by atoms with Crippen LogP contribution in [0.2, 0.25) is 0 Å². The highest BCUT2D eigenvalue weighted by molar-refractivity contribution is 8.01. The number of nitrogens with zero attached hydrogens (tertiary/aromatic N) is 7. The Kier molecular flexibility index (Phi) is 6.93. The van der Waals surface area contributed by atoms with Crippen LogP contribution in [0.3, 0.4) is 0 Å². The van der Waals surface area contributed by atoms with E-state index in [1.807, 2.05) is 19.2 Å². The summed E-state index contributed by atoms with van der Waals surface area (Å²) in [4.78, 5) is 7.71. The number of para-hydroxylation sites is 1. The largest absolute Gasteiger partial charge is 0.494 e. The normalized spacial score (nSPS) is 12.9. The van der Waals surface area contributed by atoms with Crippen LogP contribution in [0.15, 0.2) is 42.9 Å². The molecule has 3 aromatic heterocycles. The number of benzene rings is 1. The quantitative estimate of drug-likeness (QED) is 0.341. The maximum Gasteiger partial charge on any atom is 0.239 e. The van der Waals surface area contributed by atoms with Crippen LogP contribution in [-0.2, 0) is 7.05 Å². The molecule has 0 saturated carbocycles. The van der Waals surface area contributed by atoms with Crippen molar-refractivity contribution in [2.24, 2.45) is 7.05 Å². The minimum Gasteiger partial charge on any atom is -0.494 e. The summed E-state index contributed by atoms with van der Waals surface area (Å²) in [6.07, 6.45) is 2.78. The summed E-state index contributed by atoms with van der Waals surface area (Å²) in [6, 6.07) is 7.23. The molecule has 4 rings (SSSR count). The standard InChI is InChI=1S/C21H23FN8O3S/c1-12(18(31)19-23-10-13(22)11-24-19)34-28-21-26-25-20(14-8-9-29(2)27-14)30(21)17-15(32-3)6-5-7-16(17)33-4/h5-12,18,31H,1-4H3,(H,26,28). The molecule has 34 heavy (non-hydrogen) atoms. The lowest BCUT2D eigenvalue weighted by atomic mass is 10.2. The van der Waals surface area contributed by atoms with Crippen molar-refractivity contribution < 1.29 is 19.0 Å². The van der Waals surface area contributed by atoms with Gasteiger partial charge in [0.05, 0.1) is 31.9 Å². The van der Waals surface area contributed by atoms with Crippen LogP contribution < -0.4 is 14.2 Å². The van der Waals surface area contributed by atoms with Gasteiger partial charge in [0.25, 0.3) is 0 Å². The number of methoxy groups -OCH3 is 2. The van der Waals surface area contributed by atoms with Gasteiger partial charge in [0.1, 0.15) is 29.0 Å². The Labute approximate surface area is 199 Å². The average Bonchev–Trinajstić information content (AvgIpc) is 3.47. The maximum absolute atomic E-state index is 13.1. The number of aromatic nitrogens is 7. The molecular weight excluding hydrogens is 463 g/mol. The molecule has 0 aliphatic carbocycles. The molecule has 13 heteroatoms. The molecule has 0 bridgehead atoms. The first kappa shape index (κ1) is 23.4. The molecule has 0 spiro atoms. The second-order valence-electron chi connectivity index (χ2n) is 7.20. The average molecular weight is 487 g/mol. The van der Waals surface area contributed by atoms with E-state index >= 15 is 0 Å². The first-order chi connectivity index (χ1) is 16.4. The van der Waals surface area contributed by atoms with E-state index in [4.69, 9.17) is 9.47 Å². The molecule has 4 aromatic rings. The van der Waals surface area contributed by atoms with Gasteiger partial charge in [-0.2, -0.15) is 5.10 Å². The van der Waals surface area contributed by atoms with E-state index in [1.165, 1.54) is 11.9 Å². The van der Waals surface area contributed by atoms with Crippen LogP contribution in [0.25, 0.3) is 17.2 Å². The fraction of sp³-hybridized carbons (Fsp3) is 0.286. The van der Waals surface area contributed by atoms with Gasteiger partial charge in [-0.25, -0.2) is 14.4 Å². The van der Waals surface area contributed by atoms with Crippen LogP contribution in [0.5, 0.6) is 11.5 Å². The van der Waals surface area contributed by atoms with Crippen molar-refractivity contribution >= 4 is 17.9 Å². The molecule has 1 aromatic carbocycles. The van der Waals surface area contributed by atoms with Crippen molar-refractivity contribution in [3.63, 3.8) is 0 Å². The van der Waals surface area contributed by atoms with E-state index in [-0.39, 0.29) is 5.82 Å². The third-order valence-electron chi connectivity index (χ3n) is 4.92. The van der Waals surface area contributed by atoms with Gasteiger partial charge in [0.2, 0.25) is 5.95 Å². The third-order valence-corrected chi connectivity index (χ3v) is 5.85. The van der Waals surface area contributed by atoms with E-state index in [1.54, 1.807) is 48.7 Å². The fourth-order valence-corrected chi connectivity index (χ4v) is 3.88. The number of aliphatic hydroxyl groups is 1. The Hall–Kier alpha value is -3.71. The lowest BCUT2D eigenvalue weighted by Gasteiger charge is -2.19. The lowest BCUT2D eigenvalue weighted by Crippen LogP contribution is -2.17. The molecule has 0 saturated heterocycles. The van der Waals surface area contributed by atoms with Crippen LogP contribution in [0.4, 0.5) is 10.3 Å². The number of halogens is 1. The van der Waals surface area contributed by atoms with Crippen LogP contribution in [0.1, 0.15) is 18.9 Å². The molecule has 0 radical (unpaired) electrons. The molecular formula is C21H23FN8O3S. The highest BCUT2D eigenvalue weighted by Gasteiger charge is 2.25. The predicted octanol–water partition coefficient (Wildman–Crippen LogP) is 2.80. The van der Waals surface area contributed by atoms with Gasteiger partial charge in [0.15, 0.2) is 17.5 Å². The molecule has 0 fully saturated rings. The zero-order chi connectivity index (χ0) is 24.2. The van der Waals surface area contributed by atoms with Gasteiger partial charge in [0, 0.05) is 13.2 Å². The minimum absolute atomic E-state index is 0.116. The lowest BCUT2D eigenvalue weighted by molar-refractivity contribution is 0.169. The van der Waals surface area contributed by atoms with Gasteiger partial charge >= 0.3 is 0 Å². The molecule has 2 atom stereocenters. The van der Waals surface area contributed by atoms with E-state index in [2.05, 4.69) is 30.0 Å². The third kappa shape index (κ3) is 4.65. The summed E-state index contributed by atoms with van der Waals surface area (Å²) in [6.45, 7) is 1.78. The monoisotopic (exact) mass is 486 g/mol. The molecule has 0 aliphatic heterocycles. The molecule has 0 amide bonds. The first-order valence-electron chi connectivity index (χ1n) is 10.2. The number of rotatable bonds is 9. The highest BCUT2D eigenvalue weighted by atomic mass is 32.2. The van der Waals surface area contributed by atoms with E-state index in [9.17, 15) is 9.50 Å². The van der Waals surface area contributed by atoms with E-state index in [0.717, 1.165) is 12.4 Å². The van der Waals surface area contributed by atoms with Crippen molar-refractivity contribution in [1.29, 1.82) is 0 Å². The van der Waals surface area contributed by atoms with Crippen molar-refractivity contribution in [2.45, 2.75) is 18.3 Å². The van der Waals surface area contributed by atoms with Gasteiger partial charge in [-0.1, -0.05) is 6.07 Å². The summed E-state index contributed by atoms with van der Waals surface area (Å²) in [5, 5.41) is 23.3. The summed E-state index contributed by atoms with van der Waals surface area (Å²) in [7, 11) is 4.93. The van der Waals surface area contributed by atoms with Crippen LogP contribution >= 0.6 is 11.9 Å². The Morgan fingerprint density at radius 1 is 1.09 bits per heavy atom. The zero-order valence-corrected chi connectivity index (χ0v) is 19.7. The number of ether oxygens (including phenoxy) is 2. The van der Waals surface area contributed by atoms with E-state index < -0.39 is 17.2 Å². The first-order valence-corrected chi connectivity index (χ1v) is 11.0. The summed E-state index contributed by atoms with van der Waals surface area (Å²) in [5.41, 5.74) is 1.17. The molecule has 3 heterocycles. The van der Waals surface area contributed by atoms with Crippen LogP contribution in [0, 0.1) is 5.82 Å². The Balaban J connectivity index is 1.70. The van der Waals surface area contributed by atoms with Crippen molar-refractivity contribution in [2.75, 3.05) is 18.9 Å². The Morgan fingerprint density at radius 3 is 2.35 bits per heavy atom. The predicted molar refractivity (Wildman–Crippen MR) is 124 cm³/mol. The second-order valence-corrected chi connectivity index (χ2v) is 8.38. The van der Waals surface area contributed by atoms with E-state index in [0.29, 0.717) is 34.7 Å². The second kappa shape index (κ2) is 10.1. The smallest absolute Gasteiger partial charge is 0.239 e. The zero-order valence-electron chi connectivity index (χ0n) is 18.9. The van der Waals surface area contributed by atoms with Gasteiger partial charge in [-0.05, 0) is 37.1 Å². The number of hydrogen-bond acceptors (Lipinski definition) is 10. The maximum atomic E-state index is 13.1. The van der Waals surface area contributed by atoms with Crippen molar-refractivity contribution in [3.8, 4) is 28.7 Å². The molecule has 0 aliphatic rings. The van der Waals surface area contributed by atoms with Crippen LogP contribution in [-0.4, -0.2) is 59.1 Å². The fourth-order valence-electron chi connectivity index (χ4n) is 3.21. The number of aryl methyl sites for hydroxylation is 1. The number of hydrogen-bond donors (Lipinski definition) is 2.